The molecule has 0 aromatic carbocycles. The Labute approximate surface area is 88.4 Å². The van der Waals surface area contributed by atoms with E-state index in [-0.39, 0.29) is 0 Å². The van der Waals surface area contributed by atoms with Crippen LogP contribution in [-0.4, -0.2) is 38.1 Å². The largest absolute Gasteiger partial charge is 0.318 e. The molecule has 0 bridgehead atoms. The van der Waals surface area contributed by atoms with Crippen molar-refractivity contribution >= 4 is 0 Å². The van der Waals surface area contributed by atoms with E-state index in [4.69, 9.17) is 0 Å². The number of likely N-dealkylation sites (tertiary alicyclic amines) is 1. The fourth-order valence-corrected chi connectivity index (χ4v) is 2.25. The molecule has 1 rings (SSSR count). The van der Waals surface area contributed by atoms with Crippen molar-refractivity contribution in [3.63, 3.8) is 0 Å². The van der Waals surface area contributed by atoms with E-state index < -0.39 is 0 Å². The van der Waals surface area contributed by atoms with Crippen LogP contribution in [-0.2, 0) is 0 Å². The van der Waals surface area contributed by atoms with E-state index in [0.29, 0.717) is 5.92 Å². The zero-order valence-corrected chi connectivity index (χ0v) is 9.84. The van der Waals surface area contributed by atoms with Crippen LogP contribution in [0.5, 0.6) is 0 Å². The van der Waals surface area contributed by atoms with Gasteiger partial charge in [0, 0.05) is 19.6 Å². The van der Waals surface area contributed by atoms with Crippen LogP contribution < -0.4 is 5.32 Å². The van der Waals surface area contributed by atoms with E-state index in [1.807, 2.05) is 7.05 Å². The summed E-state index contributed by atoms with van der Waals surface area (Å²) in [5.74, 6) is 1.53. The molecule has 2 atom stereocenters. The lowest BCUT2D eigenvalue weighted by Crippen LogP contribution is -2.42. The first-order chi connectivity index (χ1) is 6.65. The molecule has 0 spiro atoms. The SMILES string of the molecule is C=C(C)C1CN(CCNC)CCC1C. The smallest absolute Gasteiger partial charge is 0.0107 e. The highest BCUT2D eigenvalue weighted by Gasteiger charge is 2.25. The van der Waals surface area contributed by atoms with Gasteiger partial charge in [-0.05, 0) is 38.8 Å². The van der Waals surface area contributed by atoms with E-state index in [2.05, 4.69) is 30.6 Å². The Bertz CT molecular complexity index is 187. The van der Waals surface area contributed by atoms with Crippen molar-refractivity contribution in [1.29, 1.82) is 0 Å². The number of likely N-dealkylation sites (N-methyl/N-ethyl adjacent to an activating group) is 1. The molecule has 0 radical (unpaired) electrons. The number of nitrogens with zero attached hydrogens (tertiary/aromatic N) is 1. The van der Waals surface area contributed by atoms with Crippen LogP contribution in [0.15, 0.2) is 12.2 Å². The fraction of sp³-hybridized carbons (Fsp3) is 0.833. The number of hydrogen-bond acceptors (Lipinski definition) is 2. The monoisotopic (exact) mass is 196 g/mol. The van der Waals surface area contributed by atoms with Crippen LogP contribution >= 0.6 is 0 Å². The van der Waals surface area contributed by atoms with Gasteiger partial charge in [0.25, 0.3) is 0 Å². The van der Waals surface area contributed by atoms with Gasteiger partial charge >= 0.3 is 0 Å². The molecule has 1 fully saturated rings. The summed E-state index contributed by atoms with van der Waals surface area (Å²) in [6, 6.07) is 0. The van der Waals surface area contributed by atoms with Gasteiger partial charge in [-0.15, -0.1) is 0 Å². The summed E-state index contributed by atoms with van der Waals surface area (Å²) in [5, 5.41) is 3.21. The third-order valence-electron chi connectivity index (χ3n) is 3.35. The molecule has 82 valence electrons. The fourth-order valence-electron chi connectivity index (χ4n) is 2.25. The van der Waals surface area contributed by atoms with Gasteiger partial charge in [0.1, 0.15) is 0 Å². The number of rotatable bonds is 4. The topological polar surface area (TPSA) is 15.3 Å². The highest BCUT2D eigenvalue weighted by Crippen LogP contribution is 2.27. The average molecular weight is 196 g/mol. The van der Waals surface area contributed by atoms with Crippen LogP contribution in [0.4, 0.5) is 0 Å². The summed E-state index contributed by atoms with van der Waals surface area (Å²) in [6.07, 6.45) is 1.32. The molecule has 1 heterocycles. The van der Waals surface area contributed by atoms with Crippen molar-refractivity contribution in [1.82, 2.24) is 10.2 Å². The standard InChI is InChI=1S/C12H24N2/c1-10(2)12-9-14(8-6-13-4)7-5-11(12)3/h11-13H,1,5-9H2,2-4H3. The Hall–Kier alpha value is -0.340. The van der Waals surface area contributed by atoms with Crippen molar-refractivity contribution in [3.8, 4) is 0 Å². The molecule has 1 N–H and O–H groups in total. The van der Waals surface area contributed by atoms with E-state index in [9.17, 15) is 0 Å². The van der Waals surface area contributed by atoms with Crippen LogP contribution in [0.3, 0.4) is 0 Å². The van der Waals surface area contributed by atoms with Gasteiger partial charge in [0.15, 0.2) is 0 Å². The van der Waals surface area contributed by atoms with E-state index >= 15 is 0 Å². The molecular weight excluding hydrogens is 172 g/mol. The zero-order chi connectivity index (χ0) is 10.6. The van der Waals surface area contributed by atoms with Crippen LogP contribution in [0, 0.1) is 11.8 Å². The van der Waals surface area contributed by atoms with Gasteiger partial charge in [0.05, 0.1) is 0 Å². The second kappa shape index (κ2) is 5.52. The zero-order valence-electron chi connectivity index (χ0n) is 9.84. The maximum Gasteiger partial charge on any atom is 0.0107 e. The van der Waals surface area contributed by atoms with Crippen molar-refractivity contribution in [2.45, 2.75) is 20.3 Å². The normalized spacial score (nSPS) is 29.1. The molecular formula is C12H24N2. The average Bonchev–Trinajstić information content (AvgIpc) is 2.16. The third kappa shape index (κ3) is 3.10. The van der Waals surface area contributed by atoms with E-state index in [1.165, 1.54) is 31.6 Å². The molecule has 0 aliphatic carbocycles. The van der Waals surface area contributed by atoms with Gasteiger partial charge in [-0.2, -0.15) is 0 Å². The van der Waals surface area contributed by atoms with Gasteiger partial charge in [-0.3, -0.25) is 0 Å². The Morgan fingerprint density at radius 2 is 2.29 bits per heavy atom. The predicted molar refractivity (Wildman–Crippen MR) is 62.5 cm³/mol. The van der Waals surface area contributed by atoms with E-state index in [1.54, 1.807) is 0 Å². The van der Waals surface area contributed by atoms with E-state index in [0.717, 1.165) is 12.5 Å². The lowest BCUT2D eigenvalue weighted by molar-refractivity contribution is 0.149. The van der Waals surface area contributed by atoms with Gasteiger partial charge in [-0.25, -0.2) is 0 Å². The minimum Gasteiger partial charge on any atom is -0.318 e. The van der Waals surface area contributed by atoms with Crippen molar-refractivity contribution in [2.24, 2.45) is 11.8 Å². The van der Waals surface area contributed by atoms with Gasteiger partial charge < -0.3 is 10.2 Å². The first-order valence-electron chi connectivity index (χ1n) is 5.67. The molecule has 2 heteroatoms. The first-order valence-corrected chi connectivity index (χ1v) is 5.67. The Balaban J connectivity index is 2.41. The summed E-state index contributed by atoms with van der Waals surface area (Å²) >= 11 is 0. The molecule has 0 aromatic heterocycles. The van der Waals surface area contributed by atoms with Crippen molar-refractivity contribution in [2.75, 3.05) is 33.2 Å². The quantitative estimate of drug-likeness (QED) is 0.689. The molecule has 1 saturated heterocycles. The van der Waals surface area contributed by atoms with Gasteiger partial charge in [0.2, 0.25) is 0 Å². The number of hydrogen-bond donors (Lipinski definition) is 1. The molecule has 1 aliphatic heterocycles. The summed E-state index contributed by atoms with van der Waals surface area (Å²) in [5.41, 5.74) is 1.35. The van der Waals surface area contributed by atoms with Crippen molar-refractivity contribution in [3.05, 3.63) is 12.2 Å². The van der Waals surface area contributed by atoms with Gasteiger partial charge in [-0.1, -0.05) is 19.1 Å². The predicted octanol–water partition coefficient (Wildman–Crippen LogP) is 1.74. The Morgan fingerprint density at radius 3 is 2.86 bits per heavy atom. The maximum absolute atomic E-state index is 4.10. The summed E-state index contributed by atoms with van der Waals surface area (Å²) in [6.45, 7) is 13.4. The molecule has 14 heavy (non-hydrogen) atoms. The van der Waals surface area contributed by atoms with Crippen LogP contribution in [0.1, 0.15) is 20.3 Å². The minimum absolute atomic E-state index is 0.709. The molecule has 2 unspecified atom stereocenters. The summed E-state index contributed by atoms with van der Waals surface area (Å²) in [7, 11) is 2.02. The highest BCUT2D eigenvalue weighted by atomic mass is 15.1. The summed E-state index contributed by atoms with van der Waals surface area (Å²) < 4.78 is 0. The first kappa shape index (κ1) is 11.7. The minimum atomic E-state index is 0.709. The maximum atomic E-state index is 4.10. The molecule has 1 aliphatic rings. The molecule has 0 amide bonds. The third-order valence-corrected chi connectivity index (χ3v) is 3.35. The molecule has 0 saturated carbocycles. The number of nitrogens with one attached hydrogen (secondary N) is 1. The van der Waals surface area contributed by atoms with Crippen molar-refractivity contribution < 1.29 is 0 Å². The Morgan fingerprint density at radius 1 is 1.57 bits per heavy atom. The molecule has 2 nitrogen and oxygen atoms in total. The lowest BCUT2D eigenvalue weighted by atomic mass is 9.83. The second-order valence-electron chi connectivity index (χ2n) is 4.62. The lowest BCUT2D eigenvalue weighted by Gasteiger charge is -2.37. The summed E-state index contributed by atoms with van der Waals surface area (Å²) in [4.78, 5) is 2.55. The second-order valence-corrected chi connectivity index (χ2v) is 4.62. The van der Waals surface area contributed by atoms with Crippen LogP contribution in [0.2, 0.25) is 0 Å². The highest BCUT2D eigenvalue weighted by molar-refractivity contribution is 5.01. The molecule has 0 aromatic rings. The Kier molecular flexibility index (Phi) is 4.63. The van der Waals surface area contributed by atoms with Crippen LogP contribution in [0.25, 0.3) is 0 Å². The number of piperidine rings is 1.